The number of anilines is 1. The van der Waals surface area contributed by atoms with Crippen LogP contribution in [-0.4, -0.2) is 45.0 Å². The molecule has 2 amide bonds. The summed E-state index contributed by atoms with van der Waals surface area (Å²) in [6.45, 7) is 2.83. The SMILES string of the molecule is CC1CCCN(C(=O)Nc2cc(C3CCCCC3)nn2C)C1CO. The minimum absolute atomic E-state index is 0.0211. The first-order valence-electron chi connectivity index (χ1n) is 9.32. The van der Waals surface area contributed by atoms with Gasteiger partial charge in [-0.1, -0.05) is 26.2 Å². The zero-order chi connectivity index (χ0) is 17.1. The van der Waals surface area contributed by atoms with Gasteiger partial charge in [-0.3, -0.25) is 10.00 Å². The largest absolute Gasteiger partial charge is 0.394 e. The summed E-state index contributed by atoms with van der Waals surface area (Å²) in [5, 5.41) is 17.3. The monoisotopic (exact) mass is 334 g/mol. The van der Waals surface area contributed by atoms with Crippen LogP contribution in [0.15, 0.2) is 6.07 Å². The maximum absolute atomic E-state index is 12.7. The molecule has 1 aromatic rings. The van der Waals surface area contributed by atoms with Crippen LogP contribution in [0, 0.1) is 5.92 Å². The first-order valence-corrected chi connectivity index (χ1v) is 9.32. The van der Waals surface area contributed by atoms with Crippen molar-refractivity contribution < 1.29 is 9.90 Å². The maximum atomic E-state index is 12.7. The molecule has 0 radical (unpaired) electrons. The van der Waals surface area contributed by atoms with Gasteiger partial charge in [0.05, 0.1) is 18.3 Å². The summed E-state index contributed by atoms with van der Waals surface area (Å²) in [7, 11) is 1.88. The molecule has 2 fully saturated rings. The van der Waals surface area contributed by atoms with Crippen molar-refractivity contribution in [2.75, 3.05) is 18.5 Å². The summed E-state index contributed by atoms with van der Waals surface area (Å²) in [5.74, 6) is 1.60. The highest BCUT2D eigenvalue weighted by molar-refractivity contribution is 5.88. The fourth-order valence-electron chi connectivity index (χ4n) is 4.17. The molecule has 3 rings (SSSR count). The second-order valence-corrected chi connectivity index (χ2v) is 7.41. The van der Waals surface area contributed by atoms with Crippen molar-refractivity contribution in [1.29, 1.82) is 0 Å². The Morgan fingerprint density at radius 1 is 1.29 bits per heavy atom. The lowest BCUT2D eigenvalue weighted by Gasteiger charge is -2.38. The average molecular weight is 334 g/mol. The molecule has 6 nitrogen and oxygen atoms in total. The molecular formula is C18H30N4O2. The number of aliphatic hydroxyl groups is 1. The number of carbonyl (C=O) groups is 1. The molecule has 0 aromatic carbocycles. The summed E-state index contributed by atoms with van der Waals surface area (Å²) in [6.07, 6.45) is 8.31. The number of hydrogen-bond acceptors (Lipinski definition) is 3. The number of likely N-dealkylation sites (tertiary alicyclic amines) is 1. The van der Waals surface area contributed by atoms with Gasteiger partial charge < -0.3 is 10.0 Å². The maximum Gasteiger partial charge on any atom is 0.323 e. The van der Waals surface area contributed by atoms with E-state index in [1.54, 1.807) is 9.58 Å². The Balaban J connectivity index is 1.68. The Bertz CT molecular complexity index is 565. The molecular weight excluding hydrogens is 304 g/mol. The van der Waals surface area contributed by atoms with Crippen LogP contribution >= 0.6 is 0 Å². The fourth-order valence-corrected chi connectivity index (χ4v) is 4.17. The summed E-state index contributed by atoms with van der Waals surface area (Å²) in [5.41, 5.74) is 1.10. The van der Waals surface area contributed by atoms with Crippen LogP contribution in [0.2, 0.25) is 0 Å². The van der Waals surface area contributed by atoms with Crippen molar-refractivity contribution in [3.8, 4) is 0 Å². The van der Waals surface area contributed by atoms with E-state index in [9.17, 15) is 9.90 Å². The fraction of sp³-hybridized carbons (Fsp3) is 0.778. The lowest BCUT2D eigenvalue weighted by molar-refractivity contribution is 0.0810. The highest BCUT2D eigenvalue weighted by atomic mass is 16.3. The molecule has 1 saturated heterocycles. The average Bonchev–Trinajstić information content (AvgIpc) is 2.96. The Morgan fingerprint density at radius 2 is 2.04 bits per heavy atom. The van der Waals surface area contributed by atoms with Gasteiger partial charge in [0.2, 0.25) is 0 Å². The molecule has 2 atom stereocenters. The zero-order valence-corrected chi connectivity index (χ0v) is 14.9. The minimum atomic E-state index is -0.126. The van der Waals surface area contributed by atoms with Gasteiger partial charge in [-0.05, 0) is 31.6 Å². The topological polar surface area (TPSA) is 70.4 Å². The van der Waals surface area contributed by atoms with Crippen LogP contribution in [0.3, 0.4) is 0 Å². The van der Waals surface area contributed by atoms with Gasteiger partial charge in [-0.2, -0.15) is 5.10 Å². The zero-order valence-electron chi connectivity index (χ0n) is 14.9. The third kappa shape index (κ3) is 3.58. The first kappa shape index (κ1) is 17.3. The number of hydrogen-bond donors (Lipinski definition) is 2. The second-order valence-electron chi connectivity index (χ2n) is 7.41. The van der Waals surface area contributed by atoms with Crippen LogP contribution < -0.4 is 5.32 Å². The molecule has 2 heterocycles. The minimum Gasteiger partial charge on any atom is -0.394 e. The van der Waals surface area contributed by atoms with E-state index in [4.69, 9.17) is 0 Å². The number of urea groups is 1. The Labute approximate surface area is 144 Å². The number of aliphatic hydroxyl groups excluding tert-OH is 1. The third-order valence-electron chi connectivity index (χ3n) is 5.72. The van der Waals surface area contributed by atoms with Gasteiger partial charge in [-0.15, -0.1) is 0 Å². The van der Waals surface area contributed by atoms with Crippen molar-refractivity contribution in [2.24, 2.45) is 13.0 Å². The van der Waals surface area contributed by atoms with E-state index in [0.717, 1.165) is 24.4 Å². The smallest absolute Gasteiger partial charge is 0.323 e. The third-order valence-corrected chi connectivity index (χ3v) is 5.72. The molecule has 2 aliphatic rings. The molecule has 134 valence electrons. The lowest BCUT2D eigenvalue weighted by atomic mass is 9.87. The number of rotatable bonds is 3. The molecule has 2 unspecified atom stereocenters. The van der Waals surface area contributed by atoms with Crippen molar-refractivity contribution in [3.05, 3.63) is 11.8 Å². The van der Waals surface area contributed by atoms with Gasteiger partial charge in [-0.25, -0.2) is 4.79 Å². The van der Waals surface area contributed by atoms with E-state index in [1.165, 1.54) is 32.1 Å². The van der Waals surface area contributed by atoms with Gasteiger partial charge in [0.15, 0.2) is 0 Å². The standard InChI is InChI=1S/C18H30N4O2/c1-13-7-6-10-22(16(13)12-23)18(24)19-17-11-15(20-21(17)2)14-8-4-3-5-9-14/h11,13-14,16,23H,3-10,12H2,1-2H3,(H,19,24). The second kappa shape index (κ2) is 7.55. The van der Waals surface area contributed by atoms with Gasteiger partial charge in [0.1, 0.15) is 5.82 Å². The quantitative estimate of drug-likeness (QED) is 0.892. The van der Waals surface area contributed by atoms with E-state index < -0.39 is 0 Å². The summed E-state index contributed by atoms with van der Waals surface area (Å²) >= 11 is 0. The molecule has 24 heavy (non-hydrogen) atoms. The number of nitrogens with zero attached hydrogens (tertiary/aromatic N) is 3. The van der Waals surface area contributed by atoms with Crippen LogP contribution in [0.1, 0.15) is 63.5 Å². The highest BCUT2D eigenvalue weighted by Gasteiger charge is 2.31. The molecule has 2 N–H and O–H groups in total. The van der Waals surface area contributed by atoms with E-state index >= 15 is 0 Å². The molecule has 0 spiro atoms. The number of carbonyl (C=O) groups excluding carboxylic acids is 1. The number of aromatic nitrogens is 2. The van der Waals surface area contributed by atoms with E-state index in [1.807, 2.05) is 13.1 Å². The normalized spacial score (nSPS) is 25.7. The summed E-state index contributed by atoms with van der Waals surface area (Å²) in [6, 6.07) is 1.80. The lowest BCUT2D eigenvalue weighted by Crippen LogP contribution is -2.51. The van der Waals surface area contributed by atoms with Crippen LogP contribution in [0.5, 0.6) is 0 Å². The molecule has 1 aliphatic carbocycles. The van der Waals surface area contributed by atoms with Gasteiger partial charge >= 0.3 is 6.03 Å². The van der Waals surface area contributed by atoms with Crippen molar-refractivity contribution in [3.63, 3.8) is 0 Å². The first-order chi connectivity index (χ1) is 11.6. The van der Waals surface area contributed by atoms with Crippen molar-refractivity contribution >= 4 is 11.8 Å². The van der Waals surface area contributed by atoms with Crippen molar-refractivity contribution in [2.45, 2.75) is 63.8 Å². The van der Waals surface area contributed by atoms with Crippen LogP contribution in [-0.2, 0) is 7.05 Å². The molecule has 1 aliphatic heterocycles. The predicted octanol–water partition coefficient (Wildman–Crippen LogP) is 3.09. The van der Waals surface area contributed by atoms with Crippen LogP contribution in [0.25, 0.3) is 0 Å². The molecule has 6 heteroatoms. The summed E-state index contributed by atoms with van der Waals surface area (Å²) < 4.78 is 1.77. The van der Waals surface area contributed by atoms with Gasteiger partial charge in [0.25, 0.3) is 0 Å². The number of nitrogens with one attached hydrogen (secondary N) is 1. The Hall–Kier alpha value is -1.56. The van der Waals surface area contributed by atoms with Crippen molar-refractivity contribution in [1.82, 2.24) is 14.7 Å². The highest BCUT2D eigenvalue weighted by Crippen LogP contribution is 2.33. The molecule has 0 bridgehead atoms. The number of amides is 2. The van der Waals surface area contributed by atoms with Gasteiger partial charge in [0, 0.05) is 25.6 Å². The Morgan fingerprint density at radius 3 is 2.75 bits per heavy atom. The molecule has 1 saturated carbocycles. The van der Waals surface area contributed by atoms with E-state index in [-0.39, 0.29) is 18.7 Å². The van der Waals surface area contributed by atoms with Crippen LogP contribution in [0.4, 0.5) is 10.6 Å². The van der Waals surface area contributed by atoms with E-state index in [2.05, 4.69) is 17.3 Å². The number of piperidine rings is 1. The molecule has 1 aromatic heterocycles. The van der Waals surface area contributed by atoms with E-state index in [0.29, 0.717) is 18.4 Å². The predicted molar refractivity (Wildman–Crippen MR) is 94.0 cm³/mol. The summed E-state index contributed by atoms with van der Waals surface area (Å²) in [4.78, 5) is 14.5. The number of aryl methyl sites for hydroxylation is 1. The Kier molecular flexibility index (Phi) is 5.43.